The molecule has 1 aliphatic rings. The number of amides is 3. The van der Waals surface area contributed by atoms with Crippen molar-refractivity contribution in [2.75, 3.05) is 30.9 Å². The molecule has 3 aromatic rings. The van der Waals surface area contributed by atoms with Gasteiger partial charge >= 0.3 is 0 Å². The maximum atomic E-state index is 12.9. The van der Waals surface area contributed by atoms with E-state index in [1.807, 2.05) is 91.3 Å². The third-order valence-corrected chi connectivity index (χ3v) is 6.09. The molecule has 0 aliphatic carbocycles. The maximum Gasteiger partial charge on any atom is 0.294 e. The molecule has 1 aliphatic heterocycles. The molecule has 33 heavy (non-hydrogen) atoms. The lowest BCUT2D eigenvalue weighted by Crippen LogP contribution is -2.36. The molecule has 0 radical (unpaired) electrons. The summed E-state index contributed by atoms with van der Waals surface area (Å²) in [4.78, 5) is 41.0. The van der Waals surface area contributed by atoms with Gasteiger partial charge in [0.15, 0.2) is 0 Å². The molecule has 0 unspecified atom stereocenters. The van der Waals surface area contributed by atoms with E-state index in [0.717, 1.165) is 39.3 Å². The van der Waals surface area contributed by atoms with Gasteiger partial charge in [-0.2, -0.15) is 0 Å². The molecule has 2 aromatic carbocycles. The Morgan fingerprint density at radius 3 is 2.52 bits per heavy atom. The Kier molecular flexibility index (Phi) is 6.37. The lowest BCUT2D eigenvalue weighted by molar-refractivity contribution is -0.127. The Morgan fingerprint density at radius 1 is 1.06 bits per heavy atom. The Labute approximate surface area is 196 Å². The zero-order valence-corrected chi connectivity index (χ0v) is 19.4. The topological polar surface area (TPSA) is 74.7 Å². The van der Waals surface area contributed by atoms with E-state index in [1.54, 1.807) is 12.1 Å². The molecule has 0 bridgehead atoms. The standard InChI is InChI=1S/C25H24N4O3S/c1-17-6-4-7-18(14-17)26-23(30)16-29-24(31)22(33-25(29)32)15-21-8-5-13-28(21)20-11-9-19(10-12-20)27(2)3/h4-15H,16H2,1-3H3,(H,26,30)/b22-15-. The minimum absolute atomic E-state index is 0.285. The lowest BCUT2D eigenvalue weighted by Gasteiger charge is -2.14. The highest BCUT2D eigenvalue weighted by molar-refractivity contribution is 8.18. The number of anilines is 2. The number of aromatic nitrogens is 1. The number of nitrogens with one attached hydrogen (secondary N) is 1. The SMILES string of the molecule is Cc1cccc(NC(=O)CN2C(=O)S/C(=C\c3cccn3-c3ccc(N(C)C)cc3)C2=O)c1. The molecule has 8 heteroatoms. The van der Waals surface area contributed by atoms with Crippen LogP contribution in [0.1, 0.15) is 11.3 Å². The van der Waals surface area contributed by atoms with Gasteiger partial charge in [-0.05, 0) is 78.9 Å². The summed E-state index contributed by atoms with van der Waals surface area (Å²) < 4.78 is 1.94. The summed E-state index contributed by atoms with van der Waals surface area (Å²) in [5, 5.41) is 2.27. The van der Waals surface area contributed by atoms with Gasteiger partial charge in [0, 0.05) is 43.0 Å². The number of hydrogen-bond acceptors (Lipinski definition) is 5. The molecule has 1 aromatic heterocycles. The molecule has 168 valence electrons. The average Bonchev–Trinajstić information content (AvgIpc) is 3.34. The number of carbonyl (C=O) groups excluding carboxylic acids is 3. The smallest absolute Gasteiger partial charge is 0.294 e. The molecule has 0 spiro atoms. The van der Waals surface area contributed by atoms with E-state index in [1.165, 1.54) is 0 Å². The van der Waals surface area contributed by atoms with Crippen LogP contribution in [0.15, 0.2) is 71.8 Å². The van der Waals surface area contributed by atoms with Crippen LogP contribution in [0.25, 0.3) is 11.8 Å². The first-order valence-corrected chi connectivity index (χ1v) is 11.2. The van der Waals surface area contributed by atoms with Crippen LogP contribution in [0.5, 0.6) is 0 Å². The predicted molar refractivity (Wildman–Crippen MR) is 133 cm³/mol. The molecular formula is C25H24N4O3S. The second-order valence-corrected chi connectivity index (χ2v) is 8.89. The molecule has 0 saturated carbocycles. The van der Waals surface area contributed by atoms with Crippen molar-refractivity contribution >= 4 is 46.3 Å². The van der Waals surface area contributed by atoms with Crippen molar-refractivity contribution in [3.63, 3.8) is 0 Å². The van der Waals surface area contributed by atoms with E-state index in [-0.39, 0.29) is 11.4 Å². The van der Waals surface area contributed by atoms with Crippen molar-refractivity contribution in [2.24, 2.45) is 0 Å². The fourth-order valence-electron chi connectivity index (χ4n) is 3.50. The maximum absolute atomic E-state index is 12.9. The molecule has 0 atom stereocenters. The third-order valence-electron chi connectivity index (χ3n) is 5.18. The number of thioether (sulfide) groups is 1. The molecule has 3 amide bonds. The van der Waals surface area contributed by atoms with Crippen LogP contribution >= 0.6 is 11.8 Å². The Hall–Kier alpha value is -3.78. The van der Waals surface area contributed by atoms with Gasteiger partial charge in [0.05, 0.1) is 4.91 Å². The van der Waals surface area contributed by atoms with E-state index in [9.17, 15) is 14.4 Å². The van der Waals surface area contributed by atoms with Crippen LogP contribution in [0.2, 0.25) is 0 Å². The first-order valence-electron chi connectivity index (χ1n) is 10.4. The molecular weight excluding hydrogens is 436 g/mol. The number of hydrogen-bond donors (Lipinski definition) is 1. The Balaban J connectivity index is 1.49. The van der Waals surface area contributed by atoms with Crippen molar-refractivity contribution in [1.82, 2.24) is 9.47 Å². The van der Waals surface area contributed by atoms with E-state index in [0.29, 0.717) is 5.69 Å². The Bertz CT molecular complexity index is 1240. The Morgan fingerprint density at radius 2 is 1.82 bits per heavy atom. The number of imide groups is 1. The second kappa shape index (κ2) is 9.38. The second-order valence-electron chi connectivity index (χ2n) is 7.90. The molecule has 1 saturated heterocycles. The van der Waals surface area contributed by atoms with Crippen LogP contribution in [-0.4, -0.2) is 47.2 Å². The van der Waals surface area contributed by atoms with Crippen molar-refractivity contribution in [1.29, 1.82) is 0 Å². The van der Waals surface area contributed by atoms with Crippen molar-refractivity contribution in [3.8, 4) is 5.69 Å². The zero-order valence-electron chi connectivity index (χ0n) is 18.6. The van der Waals surface area contributed by atoms with Crippen molar-refractivity contribution in [2.45, 2.75) is 6.92 Å². The van der Waals surface area contributed by atoms with Gasteiger partial charge < -0.3 is 14.8 Å². The highest BCUT2D eigenvalue weighted by Crippen LogP contribution is 2.32. The van der Waals surface area contributed by atoms with Gasteiger partial charge in [0.25, 0.3) is 11.1 Å². The first-order chi connectivity index (χ1) is 15.8. The molecule has 1 N–H and O–H groups in total. The van der Waals surface area contributed by atoms with Gasteiger partial charge in [-0.15, -0.1) is 0 Å². The van der Waals surface area contributed by atoms with Crippen molar-refractivity contribution in [3.05, 3.63) is 83.0 Å². The average molecular weight is 461 g/mol. The summed E-state index contributed by atoms with van der Waals surface area (Å²) in [5.41, 5.74) is 4.41. The monoisotopic (exact) mass is 460 g/mol. The quantitative estimate of drug-likeness (QED) is 0.547. The van der Waals surface area contributed by atoms with Gasteiger partial charge in [0.1, 0.15) is 6.54 Å². The molecule has 7 nitrogen and oxygen atoms in total. The summed E-state index contributed by atoms with van der Waals surface area (Å²) in [7, 11) is 3.96. The summed E-state index contributed by atoms with van der Waals surface area (Å²) >= 11 is 0.840. The fourth-order valence-corrected chi connectivity index (χ4v) is 4.32. The molecule has 4 rings (SSSR count). The molecule has 2 heterocycles. The summed E-state index contributed by atoms with van der Waals surface area (Å²) in [6, 6.07) is 19.1. The fraction of sp³-hybridized carbons (Fsp3) is 0.160. The largest absolute Gasteiger partial charge is 0.378 e. The van der Waals surface area contributed by atoms with Gasteiger partial charge in [0.2, 0.25) is 5.91 Å². The van der Waals surface area contributed by atoms with Gasteiger partial charge in [-0.3, -0.25) is 19.3 Å². The van der Waals surface area contributed by atoms with Crippen molar-refractivity contribution < 1.29 is 14.4 Å². The highest BCUT2D eigenvalue weighted by atomic mass is 32.2. The normalized spacial score (nSPS) is 14.8. The van der Waals surface area contributed by atoms with Crippen LogP contribution in [0.4, 0.5) is 16.2 Å². The van der Waals surface area contributed by atoms with Crippen LogP contribution in [0, 0.1) is 6.92 Å². The summed E-state index contributed by atoms with van der Waals surface area (Å²) in [6.07, 6.45) is 3.58. The first kappa shape index (κ1) is 22.4. The van der Waals surface area contributed by atoms with Crippen LogP contribution in [0.3, 0.4) is 0 Å². The predicted octanol–water partition coefficient (Wildman–Crippen LogP) is 4.53. The summed E-state index contributed by atoms with van der Waals surface area (Å²) in [5.74, 6) is -0.895. The van der Waals surface area contributed by atoms with Crippen LogP contribution < -0.4 is 10.2 Å². The number of aryl methyl sites for hydroxylation is 1. The summed E-state index contributed by atoms with van der Waals surface area (Å²) in [6.45, 7) is 1.59. The van der Waals surface area contributed by atoms with Gasteiger partial charge in [-0.25, -0.2) is 0 Å². The van der Waals surface area contributed by atoms with Gasteiger partial charge in [-0.1, -0.05) is 12.1 Å². The third kappa shape index (κ3) is 5.01. The van der Waals surface area contributed by atoms with E-state index < -0.39 is 17.1 Å². The zero-order chi connectivity index (χ0) is 23.5. The molecule has 1 fully saturated rings. The number of rotatable bonds is 6. The number of nitrogens with zero attached hydrogens (tertiary/aromatic N) is 3. The minimum atomic E-state index is -0.472. The number of carbonyl (C=O) groups is 3. The van der Waals surface area contributed by atoms with Crippen LogP contribution in [-0.2, 0) is 9.59 Å². The highest BCUT2D eigenvalue weighted by Gasteiger charge is 2.36. The van der Waals surface area contributed by atoms with E-state index in [2.05, 4.69) is 5.32 Å². The van der Waals surface area contributed by atoms with E-state index >= 15 is 0 Å². The minimum Gasteiger partial charge on any atom is -0.378 e. The van der Waals surface area contributed by atoms with E-state index in [4.69, 9.17) is 0 Å². The lowest BCUT2D eigenvalue weighted by atomic mass is 10.2. The number of benzene rings is 2.